The van der Waals surface area contributed by atoms with Crippen molar-refractivity contribution in [3.63, 3.8) is 0 Å². The molecule has 8 nitrogen and oxygen atoms in total. The number of nitrogens with one attached hydrogen (secondary N) is 1. The van der Waals surface area contributed by atoms with Crippen molar-refractivity contribution in [1.29, 1.82) is 0 Å². The summed E-state index contributed by atoms with van der Waals surface area (Å²) in [6.45, 7) is 4.87. The molecule has 1 N–H and O–H groups in total. The predicted molar refractivity (Wildman–Crippen MR) is 150 cm³/mol. The van der Waals surface area contributed by atoms with E-state index in [0.29, 0.717) is 52.8 Å². The first-order valence-electron chi connectivity index (χ1n) is 11.8. The molecule has 0 spiro atoms. The van der Waals surface area contributed by atoms with Crippen LogP contribution in [0.5, 0.6) is 17.2 Å². The van der Waals surface area contributed by atoms with Crippen molar-refractivity contribution in [3.05, 3.63) is 86.3 Å². The van der Waals surface area contributed by atoms with E-state index in [1.165, 1.54) is 6.08 Å². The topological polar surface area (TPSA) is 94.2 Å². The van der Waals surface area contributed by atoms with Gasteiger partial charge in [-0.3, -0.25) is 14.9 Å². The molecule has 4 amide bonds. The number of nitrogens with zero attached hydrogens (tertiary/aromatic N) is 1. The predicted octanol–water partition coefficient (Wildman–Crippen LogP) is 6.25. The maximum absolute atomic E-state index is 13.3. The van der Waals surface area contributed by atoms with Gasteiger partial charge in [-0.1, -0.05) is 28.1 Å². The van der Waals surface area contributed by atoms with Gasteiger partial charge in [-0.15, -0.1) is 0 Å². The Labute approximate surface area is 236 Å². The number of carbonyl (C=O) groups excluding carboxylic acids is 3. The average Bonchev–Trinajstić information content (AvgIpc) is 2.88. The van der Waals surface area contributed by atoms with Crippen LogP contribution in [0.15, 0.2) is 75.2 Å². The molecule has 1 saturated heterocycles. The van der Waals surface area contributed by atoms with Crippen molar-refractivity contribution in [2.45, 2.75) is 20.5 Å². The summed E-state index contributed by atoms with van der Waals surface area (Å²) in [5, 5.41) is 2.23. The zero-order valence-electron chi connectivity index (χ0n) is 20.6. The number of ether oxygens (including phenoxy) is 3. The van der Waals surface area contributed by atoms with Crippen LogP contribution in [0, 0.1) is 0 Å². The Morgan fingerprint density at radius 1 is 0.868 bits per heavy atom. The highest BCUT2D eigenvalue weighted by Crippen LogP contribution is 2.38. The van der Waals surface area contributed by atoms with E-state index in [4.69, 9.17) is 14.2 Å². The first kappa shape index (κ1) is 27.4. The van der Waals surface area contributed by atoms with E-state index >= 15 is 0 Å². The van der Waals surface area contributed by atoms with Gasteiger partial charge in [-0.05, 0) is 95.5 Å². The number of amides is 4. The molecule has 1 fully saturated rings. The second-order valence-corrected chi connectivity index (χ2v) is 9.83. The van der Waals surface area contributed by atoms with Gasteiger partial charge in [0.1, 0.15) is 17.9 Å². The quantitative estimate of drug-likeness (QED) is 0.219. The van der Waals surface area contributed by atoms with E-state index < -0.39 is 17.8 Å². The molecule has 0 saturated carbocycles. The van der Waals surface area contributed by atoms with Gasteiger partial charge in [-0.25, -0.2) is 9.69 Å². The number of anilines is 1. The van der Waals surface area contributed by atoms with Gasteiger partial charge in [-0.2, -0.15) is 0 Å². The molecule has 0 bridgehead atoms. The van der Waals surface area contributed by atoms with Gasteiger partial charge < -0.3 is 14.2 Å². The van der Waals surface area contributed by atoms with Crippen molar-refractivity contribution in [2.75, 3.05) is 18.1 Å². The van der Waals surface area contributed by atoms with Crippen LogP contribution in [0.1, 0.15) is 25.0 Å². The van der Waals surface area contributed by atoms with Crippen LogP contribution in [-0.2, 0) is 16.2 Å². The van der Waals surface area contributed by atoms with Crippen LogP contribution in [0.3, 0.4) is 0 Å². The highest BCUT2D eigenvalue weighted by molar-refractivity contribution is 9.10. The molecule has 0 unspecified atom stereocenters. The molecule has 0 aromatic heterocycles. The van der Waals surface area contributed by atoms with Crippen molar-refractivity contribution < 1.29 is 28.6 Å². The van der Waals surface area contributed by atoms with Crippen LogP contribution >= 0.6 is 31.9 Å². The molecule has 0 aliphatic carbocycles. The SMILES string of the molecule is CCOc1ccc(N2C(=O)NC(=O)/C(=C/c3cc(Br)c(OCc4ccc(Br)cc4)c(OCC)c3)C2=O)cc1. The second-order valence-electron chi connectivity index (χ2n) is 8.06. The van der Waals surface area contributed by atoms with Crippen LogP contribution in [-0.4, -0.2) is 31.1 Å². The molecule has 1 aliphatic heterocycles. The molecule has 10 heteroatoms. The summed E-state index contributed by atoms with van der Waals surface area (Å²) < 4.78 is 18.8. The third-order valence-corrected chi connectivity index (χ3v) is 6.56. The van der Waals surface area contributed by atoms with Crippen molar-refractivity contribution >= 4 is 61.5 Å². The van der Waals surface area contributed by atoms with Gasteiger partial charge in [0.15, 0.2) is 11.5 Å². The Kier molecular flexibility index (Phi) is 8.85. The van der Waals surface area contributed by atoms with Gasteiger partial charge in [0.05, 0.1) is 23.4 Å². The number of urea groups is 1. The Morgan fingerprint density at radius 3 is 2.21 bits per heavy atom. The zero-order chi connectivity index (χ0) is 27.2. The molecule has 38 heavy (non-hydrogen) atoms. The summed E-state index contributed by atoms with van der Waals surface area (Å²) in [5.74, 6) is -0.000391. The molecule has 1 aliphatic rings. The van der Waals surface area contributed by atoms with E-state index in [0.717, 1.165) is 14.9 Å². The third-order valence-electron chi connectivity index (χ3n) is 5.45. The lowest BCUT2D eigenvalue weighted by atomic mass is 10.1. The summed E-state index contributed by atoms with van der Waals surface area (Å²) in [7, 11) is 0. The number of carbonyl (C=O) groups is 3. The molecule has 3 aromatic carbocycles. The van der Waals surface area contributed by atoms with Crippen LogP contribution in [0.25, 0.3) is 6.08 Å². The van der Waals surface area contributed by atoms with Crippen LogP contribution in [0.4, 0.5) is 10.5 Å². The fourth-order valence-corrected chi connectivity index (χ4v) is 4.57. The van der Waals surface area contributed by atoms with E-state index in [9.17, 15) is 14.4 Å². The van der Waals surface area contributed by atoms with Gasteiger partial charge in [0.25, 0.3) is 11.8 Å². The Bertz CT molecular complexity index is 1390. The van der Waals surface area contributed by atoms with E-state index in [-0.39, 0.29) is 5.57 Å². The average molecular weight is 644 g/mol. The van der Waals surface area contributed by atoms with E-state index in [2.05, 4.69) is 37.2 Å². The van der Waals surface area contributed by atoms with Crippen molar-refractivity contribution in [2.24, 2.45) is 0 Å². The molecule has 3 aromatic rings. The van der Waals surface area contributed by atoms with E-state index in [1.54, 1.807) is 36.4 Å². The standard InChI is InChI=1S/C28H24Br2N2O6/c1-3-36-21-11-9-20(10-12-21)32-27(34)22(26(33)31-28(32)35)13-18-14-23(30)25(24(15-18)37-4-2)38-16-17-5-7-19(29)8-6-17/h5-15H,3-4,16H2,1-2H3,(H,31,33,35)/b22-13-. The monoisotopic (exact) mass is 642 g/mol. The van der Waals surface area contributed by atoms with Gasteiger partial charge >= 0.3 is 6.03 Å². The summed E-state index contributed by atoms with van der Waals surface area (Å²) >= 11 is 6.94. The maximum Gasteiger partial charge on any atom is 0.335 e. The fourth-order valence-electron chi connectivity index (χ4n) is 3.73. The summed E-state index contributed by atoms with van der Waals surface area (Å²) in [6.07, 6.45) is 1.41. The molecule has 196 valence electrons. The Balaban J connectivity index is 1.63. The maximum atomic E-state index is 13.3. The molecular formula is C28H24Br2N2O6. The van der Waals surface area contributed by atoms with Gasteiger partial charge in [0, 0.05) is 4.47 Å². The molecule has 1 heterocycles. The number of hydrogen-bond donors (Lipinski definition) is 1. The largest absolute Gasteiger partial charge is 0.494 e. The van der Waals surface area contributed by atoms with Crippen LogP contribution < -0.4 is 24.4 Å². The lowest BCUT2D eigenvalue weighted by Crippen LogP contribution is -2.54. The third kappa shape index (κ3) is 6.25. The highest BCUT2D eigenvalue weighted by Gasteiger charge is 2.37. The number of barbiturate groups is 1. The normalized spacial score (nSPS) is 14.5. The summed E-state index contributed by atoms with van der Waals surface area (Å²) in [4.78, 5) is 39.4. The fraction of sp³-hybridized carbons (Fsp3) is 0.179. The molecule has 4 rings (SSSR count). The number of hydrogen-bond acceptors (Lipinski definition) is 6. The number of benzene rings is 3. The van der Waals surface area contributed by atoms with Crippen molar-refractivity contribution in [3.8, 4) is 17.2 Å². The first-order valence-corrected chi connectivity index (χ1v) is 13.4. The second kappa shape index (κ2) is 12.3. The van der Waals surface area contributed by atoms with Crippen LogP contribution in [0.2, 0.25) is 0 Å². The minimum Gasteiger partial charge on any atom is -0.494 e. The van der Waals surface area contributed by atoms with E-state index in [1.807, 2.05) is 38.1 Å². The summed E-state index contributed by atoms with van der Waals surface area (Å²) in [6, 6.07) is 16.8. The minimum absolute atomic E-state index is 0.198. The van der Waals surface area contributed by atoms with Crippen molar-refractivity contribution in [1.82, 2.24) is 5.32 Å². The number of rotatable bonds is 9. The lowest BCUT2D eigenvalue weighted by molar-refractivity contribution is -0.122. The Hall–Kier alpha value is -3.63. The first-order chi connectivity index (χ1) is 18.3. The highest BCUT2D eigenvalue weighted by atomic mass is 79.9. The summed E-state index contributed by atoms with van der Waals surface area (Å²) in [5.41, 5.74) is 1.59. The lowest BCUT2D eigenvalue weighted by Gasteiger charge is -2.26. The van der Waals surface area contributed by atoms with Gasteiger partial charge in [0.2, 0.25) is 0 Å². The Morgan fingerprint density at radius 2 is 1.55 bits per heavy atom. The molecule has 0 radical (unpaired) electrons. The minimum atomic E-state index is -0.825. The number of halogens is 2. The zero-order valence-corrected chi connectivity index (χ0v) is 23.8. The molecule has 0 atom stereocenters. The molecular weight excluding hydrogens is 620 g/mol. The number of imide groups is 2. The smallest absolute Gasteiger partial charge is 0.335 e.